The molecule has 0 aliphatic heterocycles. The molecule has 0 saturated heterocycles. The van der Waals surface area contributed by atoms with E-state index in [2.05, 4.69) is 0 Å². The molecule has 0 saturated carbocycles. The molecule has 106 valence electrons. The number of carbonyl (C=O) groups is 1. The van der Waals surface area contributed by atoms with Crippen LogP contribution < -0.4 is 0 Å². The number of rotatable bonds is 6. The molecule has 0 N–H and O–H groups in total. The smallest absolute Gasteiger partial charge is 0.242 e. The molecule has 0 bridgehead atoms. The van der Waals surface area contributed by atoms with E-state index in [4.69, 9.17) is 0 Å². The van der Waals surface area contributed by atoms with Crippen molar-refractivity contribution in [1.29, 1.82) is 0 Å². The highest BCUT2D eigenvalue weighted by Crippen LogP contribution is 2.15. The highest BCUT2D eigenvalue weighted by molar-refractivity contribution is 7.89. The highest BCUT2D eigenvalue weighted by Gasteiger charge is 2.20. The lowest BCUT2D eigenvalue weighted by atomic mass is 10.2. The van der Waals surface area contributed by atoms with E-state index in [1.54, 1.807) is 7.05 Å². The van der Waals surface area contributed by atoms with Crippen LogP contribution in [0.2, 0.25) is 0 Å². The largest absolute Gasteiger partial charge is 0.308 e. The molecule has 0 spiro atoms. The van der Waals surface area contributed by atoms with Crippen LogP contribution in [0, 0.1) is 0 Å². The number of carbonyl (C=O) groups excluding carboxylic acids is 1. The summed E-state index contributed by atoms with van der Waals surface area (Å²) in [5.74, 6) is -0.0788. The molecule has 0 atom stereocenters. The summed E-state index contributed by atoms with van der Waals surface area (Å²) in [4.78, 5) is 13.3. The van der Waals surface area contributed by atoms with Crippen molar-refractivity contribution in [2.75, 3.05) is 34.2 Å². The van der Waals surface area contributed by atoms with Gasteiger partial charge in [-0.25, -0.2) is 8.42 Å². The summed E-state index contributed by atoms with van der Waals surface area (Å²) in [6, 6.07) is 6.01. The fourth-order valence-electron chi connectivity index (χ4n) is 1.50. The first kappa shape index (κ1) is 15.8. The quantitative estimate of drug-likeness (QED) is 0.733. The van der Waals surface area contributed by atoms with Crippen LogP contribution in [-0.4, -0.2) is 57.6 Å². The number of hydrogen-bond acceptors (Lipinski definition) is 4. The fraction of sp³-hybridized carbons (Fsp3) is 0.462. The summed E-state index contributed by atoms with van der Waals surface area (Å²) in [5.41, 5.74) is 0.509. The van der Waals surface area contributed by atoms with Crippen molar-refractivity contribution >= 4 is 15.8 Å². The summed E-state index contributed by atoms with van der Waals surface area (Å²) in [5, 5.41) is 0. The Morgan fingerprint density at radius 3 is 2.00 bits per heavy atom. The Kier molecular flexibility index (Phi) is 5.22. The average Bonchev–Trinajstić information content (AvgIpc) is 2.35. The SMILES string of the molecule is CC(=O)c1ccc(S(=O)(=O)N(C)CCN(C)C)cc1. The molecule has 0 fully saturated rings. The predicted octanol–water partition coefficient (Wildman–Crippen LogP) is 1.07. The molecule has 5 nitrogen and oxygen atoms in total. The fourth-order valence-corrected chi connectivity index (χ4v) is 2.66. The Morgan fingerprint density at radius 2 is 1.58 bits per heavy atom. The Balaban J connectivity index is 2.90. The molecular formula is C13H20N2O3S. The van der Waals surface area contributed by atoms with Crippen LogP contribution in [0.3, 0.4) is 0 Å². The lowest BCUT2D eigenvalue weighted by molar-refractivity contribution is 0.101. The second-order valence-electron chi connectivity index (χ2n) is 4.71. The monoisotopic (exact) mass is 284 g/mol. The van der Waals surface area contributed by atoms with Gasteiger partial charge in [0, 0.05) is 25.7 Å². The van der Waals surface area contributed by atoms with Crippen molar-refractivity contribution in [3.05, 3.63) is 29.8 Å². The summed E-state index contributed by atoms with van der Waals surface area (Å²) < 4.78 is 25.8. The molecule has 0 radical (unpaired) electrons. The third kappa shape index (κ3) is 4.12. The number of likely N-dealkylation sites (N-methyl/N-ethyl adjacent to an activating group) is 2. The number of sulfonamides is 1. The zero-order valence-corrected chi connectivity index (χ0v) is 12.6. The molecule has 1 aromatic rings. The maximum Gasteiger partial charge on any atom is 0.242 e. The van der Waals surface area contributed by atoms with E-state index in [0.717, 1.165) is 0 Å². The van der Waals surface area contributed by atoms with E-state index in [-0.39, 0.29) is 10.7 Å². The topological polar surface area (TPSA) is 57.7 Å². The molecule has 0 unspecified atom stereocenters. The molecule has 1 rings (SSSR count). The van der Waals surface area contributed by atoms with Gasteiger partial charge in [0.05, 0.1) is 4.90 Å². The first-order chi connectivity index (χ1) is 8.75. The standard InChI is InChI=1S/C13H20N2O3S/c1-11(16)12-5-7-13(8-6-12)19(17,18)15(4)10-9-14(2)3/h5-8H,9-10H2,1-4H3. The maximum atomic E-state index is 12.2. The number of hydrogen-bond donors (Lipinski definition) is 0. The van der Waals surface area contributed by atoms with Crippen molar-refractivity contribution in [1.82, 2.24) is 9.21 Å². The minimum atomic E-state index is -3.48. The Hall–Kier alpha value is -1.24. The first-order valence-corrected chi connectivity index (χ1v) is 7.41. The van der Waals surface area contributed by atoms with Crippen molar-refractivity contribution in [3.63, 3.8) is 0 Å². The van der Waals surface area contributed by atoms with E-state index < -0.39 is 10.0 Å². The van der Waals surface area contributed by atoms with E-state index >= 15 is 0 Å². The molecule has 0 amide bonds. The molecule has 0 aromatic heterocycles. The molecule has 0 aliphatic rings. The van der Waals surface area contributed by atoms with Gasteiger partial charge < -0.3 is 4.90 Å². The van der Waals surface area contributed by atoms with Gasteiger partial charge >= 0.3 is 0 Å². The number of ketones is 1. The normalized spacial score (nSPS) is 12.1. The molecule has 0 aliphatic carbocycles. The van der Waals surface area contributed by atoms with Crippen LogP contribution in [0.4, 0.5) is 0 Å². The second-order valence-corrected chi connectivity index (χ2v) is 6.76. The van der Waals surface area contributed by atoms with E-state index in [1.807, 2.05) is 19.0 Å². The van der Waals surface area contributed by atoms with E-state index in [1.165, 1.54) is 35.5 Å². The third-order valence-corrected chi connectivity index (χ3v) is 4.70. The van der Waals surface area contributed by atoms with Crippen LogP contribution in [0.15, 0.2) is 29.2 Å². The van der Waals surface area contributed by atoms with Gasteiger partial charge in [0.25, 0.3) is 0 Å². The number of nitrogens with zero attached hydrogens (tertiary/aromatic N) is 2. The third-order valence-electron chi connectivity index (χ3n) is 2.83. The average molecular weight is 284 g/mol. The van der Waals surface area contributed by atoms with Crippen LogP contribution in [0.5, 0.6) is 0 Å². The van der Waals surface area contributed by atoms with E-state index in [9.17, 15) is 13.2 Å². The number of Topliss-reactive ketones (excluding diaryl/α,β-unsaturated/α-hetero) is 1. The van der Waals surface area contributed by atoms with Crippen molar-refractivity contribution < 1.29 is 13.2 Å². The van der Waals surface area contributed by atoms with Crippen LogP contribution in [0.1, 0.15) is 17.3 Å². The van der Waals surface area contributed by atoms with Crippen LogP contribution >= 0.6 is 0 Å². The summed E-state index contributed by atoms with van der Waals surface area (Å²) in [6.07, 6.45) is 0. The molecule has 6 heteroatoms. The van der Waals surface area contributed by atoms with Gasteiger partial charge in [-0.05, 0) is 33.2 Å². The Bertz CT molecular complexity index is 536. The summed E-state index contributed by atoms with van der Waals surface area (Å²) in [6.45, 7) is 2.53. The zero-order chi connectivity index (χ0) is 14.6. The first-order valence-electron chi connectivity index (χ1n) is 5.97. The van der Waals surface area contributed by atoms with Crippen molar-refractivity contribution in [2.45, 2.75) is 11.8 Å². The van der Waals surface area contributed by atoms with Gasteiger partial charge in [-0.1, -0.05) is 12.1 Å². The Labute approximate surface area is 114 Å². The van der Waals surface area contributed by atoms with Crippen LogP contribution in [-0.2, 0) is 10.0 Å². The second kappa shape index (κ2) is 6.27. The molecular weight excluding hydrogens is 264 g/mol. The van der Waals surface area contributed by atoms with E-state index in [0.29, 0.717) is 18.7 Å². The minimum absolute atomic E-state index is 0.0788. The minimum Gasteiger partial charge on any atom is -0.308 e. The maximum absolute atomic E-state index is 12.2. The molecule has 19 heavy (non-hydrogen) atoms. The van der Waals surface area contributed by atoms with Gasteiger partial charge in [-0.2, -0.15) is 4.31 Å². The van der Waals surface area contributed by atoms with Gasteiger partial charge in [-0.15, -0.1) is 0 Å². The predicted molar refractivity (Wildman–Crippen MR) is 74.8 cm³/mol. The van der Waals surface area contributed by atoms with Gasteiger partial charge in [0.2, 0.25) is 10.0 Å². The molecule has 0 heterocycles. The zero-order valence-electron chi connectivity index (χ0n) is 11.8. The summed E-state index contributed by atoms with van der Waals surface area (Å²) >= 11 is 0. The Morgan fingerprint density at radius 1 is 1.05 bits per heavy atom. The van der Waals surface area contributed by atoms with Gasteiger partial charge in [0.15, 0.2) is 5.78 Å². The summed E-state index contributed by atoms with van der Waals surface area (Å²) in [7, 11) is 1.85. The number of benzene rings is 1. The molecule has 1 aromatic carbocycles. The lowest BCUT2D eigenvalue weighted by Crippen LogP contribution is -2.33. The highest BCUT2D eigenvalue weighted by atomic mass is 32.2. The van der Waals surface area contributed by atoms with Gasteiger partial charge in [0.1, 0.15) is 0 Å². The van der Waals surface area contributed by atoms with Gasteiger partial charge in [-0.3, -0.25) is 4.79 Å². The van der Waals surface area contributed by atoms with Crippen molar-refractivity contribution in [3.8, 4) is 0 Å². The van der Waals surface area contributed by atoms with Crippen molar-refractivity contribution in [2.24, 2.45) is 0 Å². The lowest BCUT2D eigenvalue weighted by Gasteiger charge is -2.19. The van der Waals surface area contributed by atoms with Crippen LogP contribution in [0.25, 0.3) is 0 Å².